The van der Waals surface area contributed by atoms with Crippen LogP contribution >= 0.6 is 0 Å². The molecular weight excluding hydrogens is 112 g/mol. The summed E-state index contributed by atoms with van der Waals surface area (Å²) in [6, 6.07) is 0. The maximum absolute atomic E-state index is 10.9. The average molecular weight is 122 g/mol. The highest BCUT2D eigenvalue weighted by Crippen LogP contribution is 2.14. The van der Waals surface area contributed by atoms with Gasteiger partial charge in [-0.1, -0.05) is 18.2 Å². The minimum absolute atomic E-state index is 0.0926. The molecule has 0 amide bonds. The molecule has 0 bridgehead atoms. The van der Waals surface area contributed by atoms with Gasteiger partial charge in [-0.3, -0.25) is 4.79 Å². The van der Waals surface area contributed by atoms with Crippen LogP contribution in [0.2, 0.25) is 0 Å². The van der Waals surface area contributed by atoms with Crippen LogP contribution in [0.15, 0.2) is 24.8 Å². The second kappa shape index (κ2) is 2.62. The van der Waals surface area contributed by atoms with E-state index >= 15 is 0 Å². The molecule has 0 fully saturated rings. The molecule has 1 aliphatic rings. The number of carbonyl (C=O) groups is 1. The van der Waals surface area contributed by atoms with Crippen LogP contribution in [-0.4, -0.2) is 5.78 Å². The standard InChI is InChI=1S/C8H10O/c1-2-7-5-3-4-6-8(7)9/h2-4,7H,1,5-6H2. The van der Waals surface area contributed by atoms with Crippen molar-refractivity contribution >= 4 is 5.78 Å². The predicted octanol–water partition coefficient (Wildman–Crippen LogP) is 1.71. The summed E-state index contributed by atoms with van der Waals surface area (Å²) in [6.45, 7) is 3.58. The average Bonchev–Trinajstić information content (AvgIpc) is 1.89. The van der Waals surface area contributed by atoms with E-state index in [9.17, 15) is 4.79 Å². The number of hydrogen-bond acceptors (Lipinski definition) is 1. The Bertz CT molecular complexity index is 156. The van der Waals surface area contributed by atoms with Crippen molar-refractivity contribution in [3.05, 3.63) is 24.8 Å². The summed E-state index contributed by atoms with van der Waals surface area (Å²) < 4.78 is 0. The molecule has 48 valence electrons. The minimum Gasteiger partial charge on any atom is -0.299 e. The number of ketones is 1. The summed E-state index contributed by atoms with van der Waals surface area (Å²) in [5, 5.41) is 0. The molecule has 0 aromatic rings. The van der Waals surface area contributed by atoms with E-state index in [0.29, 0.717) is 12.2 Å². The highest BCUT2D eigenvalue weighted by molar-refractivity contribution is 5.84. The first kappa shape index (κ1) is 6.27. The SMILES string of the molecule is C=CC1CC=CCC1=O. The smallest absolute Gasteiger partial charge is 0.143 e. The van der Waals surface area contributed by atoms with E-state index < -0.39 is 0 Å². The van der Waals surface area contributed by atoms with Gasteiger partial charge >= 0.3 is 0 Å². The zero-order valence-electron chi connectivity index (χ0n) is 5.34. The van der Waals surface area contributed by atoms with Crippen LogP contribution in [0.1, 0.15) is 12.8 Å². The second-order valence-corrected chi connectivity index (χ2v) is 2.22. The van der Waals surface area contributed by atoms with E-state index in [1.807, 2.05) is 12.2 Å². The van der Waals surface area contributed by atoms with Gasteiger partial charge in [0.1, 0.15) is 5.78 Å². The van der Waals surface area contributed by atoms with Crippen molar-refractivity contribution in [3.8, 4) is 0 Å². The van der Waals surface area contributed by atoms with Gasteiger partial charge in [-0.25, -0.2) is 0 Å². The van der Waals surface area contributed by atoms with Crippen molar-refractivity contribution in [3.63, 3.8) is 0 Å². The summed E-state index contributed by atoms with van der Waals surface area (Å²) in [4.78, 5) is 10.9. The summed E-state index contributed by atoms with van der Waals surface area (Å²) in [5.41, 5.74) is 0. The van der Waals surface area contributed by atoms with Crippen LogP contribution in [0, 0.1) is 5.92 Å². The van der Waals surface area contributed by atoms with E-state index in [4.69, 9.17) is 0 Å². The van der Waals surface area contributed by atoms with Crippen molar-refractivity contribution in [2.45, 2.75) is 12.8 Å². The molecule has 1 rings (SSSR count). The monoisotopic (exact) mass is 122 g/mol. The number of rotatable bonds is 1. The predicted molar refractivity (Wildman–Crippen MR) is 37.1 cm³/mol. The molecule has 1 aliphatic carbocycles. The van der Waals surface area contributed by atoms with E-state index in [1.54, 1.807) is 6.08 Å². The van der Waals surface area contributed by atoms with Crippen LogP contribution in [0.5, 0.6) is 0 Å². The molecule has 0 saturated heterocycles. The fourth-order valence-electron chi connectivity index (χ4n) is 0.953. The van der Waals surface area contributed by atoms with Gasteiger partial charge < -0.3 is 0 Å². The van der Waals surface area contributed by atoms with E-state index in [2.05, 4.69) is 6.58 Å². The van der Waals surface area contributed by atoms with Crippen LogP contribution in [0.25, 0.3) is 0 Å². The van der Waals surface area contributed by atoms with Gasteiger partial charge in [-0.15, -0.1) is 6.58 Å². The van der Waals surface area contributed by atoms with Gasteiger partial charge in [0.05, 0.1) is 0 Å². The third kappa shape index (κ3) is 1.28. The fraction of sp³-hybridized carbons (Fsp3) is 0.375. The lowest BCUT2D eigenvalue weighted by atomic mass is 9.93. The lowest BCUT2D eigenvalue weighted by Gasteiger charge is -2.10. The molecule has 0 aromatic heterocycles. The Labute approximate surface area is 55.1 Å². The normalized spacial score (nSPS) is 26.2. The van der Waals surface area contributed by atoms with E-state index in [-0.39, 0.29) is 5.92 Å². The van der Waals surface area contributed by atoms with Crippen LogP contribution in [0.3, 0.4) is 0 Å². The Hall–Kier alpha value is -0.850. The first-order valence-electron chi connectivity index (χ1n) is 3.15. The second-order valence-electron chi connectivity index (χ2n) is 2.22. The van der Waals surface area contributed by atoms with Gasteiger partial charge in [0.2, 0.25) is 0 Å². The molecule has 0 saturated carbocycles. The highest BCUT2D eigenvalue weighted by atomic mass is 16.1. The Morgan fingerprint density at radius 3 is 2.89 bits per heavy atom. The molecule has 1 unspecified atom stereocenters. The van der Waals surface area contributed by atoms with Crippen LogP contribution in [0.4, 0.5) is 0 Å². The van der Waals surface area contributed by atoms with Gasteiger partial charge in [0.15, 0.2) is 0 Å². The molecule has 1 atom stereocenters. The number of hydrogen-bond donors (Lipinski definition) is 0. The molecule has 0 aromatic carbocycles. The third-order valence-corrected chi connectivity index (χ3v) is 1.57. The van der Waals surface area contributed by atoms with Crippen LogP contribution in [-0.2, 0) is 4.79 Å². The Morgan fingerprint density at radius 1 is 1.67 bits per heavy atom. The van der Waals surface area contributed by atoms with Crippen molar-refractivity contribution in [2.24, 2.45) is 5.92 Å². The maximum atomic E-state index is 10.9. The highest BCUT2D eigenvalue weighted by Gasteiger charge is 2.14. The quantitative estimate of drug-likeness (QED) is 0.484. The van der Waals surface area contributed by atoms with Gasteiger partial charge in [-0.05, 0) is 6.42 Å². The van der Waals surface area contributed by atoms with Crippen molar-refractivity contribution < 1.29 is 4.79 Å². The summed E-state index contributed by atoms with van der Waals surface area (Å²) in [5.74, 6) is 0.391. The Morgan fingerprint density at radius 2 is 2.44 bits per heavy atom. The molecule has 9 heavy (non-hydrogen) atoms. The zero-order chi connectivity index (χ0) is 6.69. The largest absolute Gasteiger partial charge is 0.299 e. The maximum Gasteiger partial charge on any atom is 0.143 e. The fourth-order valence-corrected chi connectivity index (χ4v) is 0.953. The van der Waals surface area contributed by atoms with Crippen LogP contribution < -0.4 is 0 Å². The topological polar surface area (TPSA) is 17.1 Å². The third-order valence-electron chi connectivity index (χ3n) is 1.57. The number of allylic oxidation sites excluding steroid dienone is 3. The van der Waals surface area contributed by atoms with Gasteiger partial charge in [0.25, 0.3) is 0 Å². The van der Waals surface area contributed by atoms with E-state index in [1.165, 1.54) is 0 Å². The summed E-state index contributed by atoms with van der Waals surface area (Å²) in [7, 11) is 0. The number of carbonyl (C=O) groups excluding carboxylic acids is 1. The first-order valence-corrected chi connectivity index (χ1v) is 3.15. The summed E-state index contributed by atoms with van der Waals surface area (Å²) >= 11 is 0. The lowest BCUT2D eigenvalue weighted by Crippen LogP contribution is -2.12. The van der Waals surface area contributed by atoms with Crippen molar-refractivity contribution in [2.75, 3.05) is 0 Å². The van der Waals surface area contributed by atoms with Crippen molar-refractivity contribution in [1.82, 2.24) is 0 Å². The molecule has 0 N–H and O–H groups in total. The summed E-state index contributed by atoms with van der Waals surface area (Å²) in [6.07, 6.45) is 7.13. The zero-order valence-corrected chi connectivity index (χ0v) is 5.34. The lowest BCUT2D eigenvalue weighted by molar-refractivity contribution is -0.120. The molecule has 0 spiro atoms. The molecular formula is C8H10O. The minimum atomic E-state index is 0.0926. The molecule has 0 radical (unpaired) electrons. The Kier molecular flexibility index (Phi) is 1.83. The molecule has 0 aliphatic heterocycles. The first-order chi connectivity index (χ1) is 4.34. The van der Waals surface area contributed by atoms with E-state index in [0.717, 1.165) is 6.42 Å². The Balaban J connectivity index is 2.63. The molecule has 1 heteroatoms. The molecule has 1 nitrogen and oxygen atoms in total. The number of Topliss-reactive ketones (excluding diaryl/α,β-unsaturated/α-hetero) is 1. The van der Waals surface area contributed by atoms with Gasteiger partial charge in [0, 0.05) is 12.3 Å². The molecule has 0 heterocycles. The van der Waals surface area contributed by atoms with Gasteiger partial charge in [-0.2, -0.15) is 0 Å². The van der Waals surface area contributed by atoms with Crippen molar-refractivity contribution in [1.29, 1.82) is 0 Å².